The number of benzene rings is 2. The Morgan fingerprint density at radius 2 is 1.06 bits per heavy atom. The molecule has 188 valence electrons. The number of rotatable bonds is 16. The summed E-state index contributed by atoms with van der Waals surface area (Å²) in [6.45, 7) is 8.78. The van der Waals surface area contributed by atoms with Gasteiger partial charge in [-0.2, -0.15) is 0 Å². The molecule has 0 saturated heterocycles. The molecule has 0 aliphatic heterocycles. The number of hydrogen-bond donors (Lipinski definition) is 2. The third-order valence-corrected chi connectivity index (χ3v) is 5.39. The normalized spacial score (nSPS) is 10.3. The zero-order valence-corrected chi connectivity index (χ0v) is 20.0. The maximum absolute atomic E-state index is 11.7. The van der Waals surface area contributed by atoms with Gasteiger partial charge < -0.3 is 19.7 Å². The van der Waals surface area contributed by atoms with Crippen LogP contribution in [-0.4, -0.2) is 48.7 Å². The topological polar surface area (TPSA) is 99.5 Å². The largest absolute Gasteiger partial charge is 0.502 e. The lowest BCUT2D eigenvalue weighted by Gasteiger charge is -2.20. The Hall–Kier alpha value is -3.94. The van der Waals surface area contributed by atoms with E-state index < -0.39 is 12.2 Å². The van der Waals surface area contributed by atoms with Crippen LogP contribution in [-0.2, 0) is 15.9 Å². The predicted molar refractivity (Wildman–Crippen MR) is 137 cm³/mol. The number of unbranched alkanes of at least 4 members (excludes halogenated alkanes) is 2. The van der Waals surface area contributed by atoms with E-state index in [4.69, 9.17) is 9.47 Å². The van der Waals surface area contributed by atoms with E-state index in [1.165, 1.54) is 22.3 Å². The lowest BCUT2D eigenvalue weighted by atomic mass is 10.0. The molecule has 0 radical (unpaired) electrons. The zero-order valence-electron chi connectivity index (χ0n) is 20.0. The molecule has 2 aromatic rings. The quantitative estimate of drug-likeness (QED) is 0.221. The molecule has 35 heavy (non-hydrogen) atoms. The van der Waals surface area contributed by atoms with Crippen LogP contribution in [0, 0.1) is 0 Å². The average molecular weight is 483 g/mol. The van der Waals surface area contributed by atoms with Crippen LogP contribution in [0.4, 0.5) is 21.0 Å². The van der Waals surface area contributed by atoms with Gasteiger partial charge in [0.15, 0.2) is 0 Å². The molecule has 8 heteroatoms. The van der Waals surface area contributed by atoms with E-state index in [1.54, 1.807) is 24.3 Å². The molecule has 2 amide bonds. The molecule has 0 unspecified atom stereocenters. The summed E-state index contributed by atoms with van der Waals surface area (Å²) in [5, 5.41) is 19.1. The Morgan fingerprint density at radius 3 is 1.37 bits per heavy atom. The smallest absolute Gasteiger partial charge is 0.411 e. The minimum absolute atomic E-state index is 0.387. The van der Waals surface area contributed by atoms with Crippen LogP contribution in [0.25, 0.3) is 0 Å². The summed E-state index contributed by atoms with van der Waals surface area (Å²) < 4.78 is 10.1. The molecule has 0 aromatic heterocycles. The highest BCUT2D eigenvalue weighted by Gasteiger charge is 2.15. The van der Waals surface area contributed by atoms with E-state index in [1.807, 2.05) is 24.3 Å². The maximum Gasteiger partial charge on any atom is 0.411 e. The SMILES string of the molecule is C=COCCCCN(C(=O)O)c1ccc(Cc2ccc(N(CCCCOC=C)C(=O)O)cc2)cc1. The lowest BCUT2D eigenvalue weighted by Crippen LogP contribution is -2.30. The number of hydrogen-bond acceptors (Lipinski definition) is 4. The van der Waals surface area contributed by atoms with Crippen molar-refractivity contribution in [2.24, 2.45) is 0 Å². The van der Waals surface area contributed by atoms with Gasteiger partial charge in [0.05, 0.1) is 25.7 Å². The van der Waals surface area contributed by atoms with Crippen molar-refractivity contribution in [3.63, 3.8) is 0 Å². The van der Waals surface area contributed by atoms with Crippen molar-refractivity contribution >= 4 is 23.6 Å². The molecule has 2 rings (SSSR count). The number of ether oxygens (including phenoxy) is 2. The Morgan fingerprint density at radius 1 is 0.686 bits per heavy atom. The number of carboxylic acid groups (broad SMARTS) is 2. The zero-order chi connectivity index (χ0) is 25.5. The van der Waals surface area contributed by atoms with E-state index >= 15 is 0 Å². The van der Waals surface area contributed by atoms with Gasteiger partial charge in [0.1, 0.15) is 0 Å². The fourth-order valence-electron chi connectivity index (χ4n) is 3.57. The summed E-state index contributed by atoms with van der Waals surface area (Å²) in [4.78, 5) is 26.0. The number of nitrogens with zero attached hydrogens (tertiary/aromatic N) is 2. The number of carbonyl (C=O) groups is 2. The summed E-state index contributed by atoms with van der Waals surface area (Å²) in [7, 11) is 0. The summed E-state index contributed by atoms with van der Waals surface area (Å²) in [5.74, 6) is 0. The van der Waals surface area contributed by atoms with Gasteiger partial charge in [0.2, 0.25) is 0 Å². The van der Waals surface area contributed by atoms with Crippen LogP contribution in [0.5, 0.6) is 0 Å². The summed E-state index contributed by atoms with van der Waals surface area (Å²) in [6, 6.07) is 14.9. The molecular formula is C27H34N2O6. The van der Waals surface area contributed by atoms with Gasteiger partial charge in [0, 0.05) is 24.5 Å². The van der Waals surface area contributed by atoms with E-state index in [0.717, 1.165) is 24.0 Å². The molecular weight excluding hydrogens is 448 g/mol. The molecule has 8 nitrogen and oxygen atoms in total. The first-order valence-corrected chi connectivity index (χ1v) is 11.6. The molecule has 2 aromatic carbocycles. The van der Waals surface area contributed by atoms with Gasteiger partial charge in [-0.1, -0.05) is 37.4 Å². The molecule has 0 fully saturated rings. The third-order valence-electron chi connectivity index (χ3n) is 5.39. The standard InChI is InChI=1S/C27H34N2O6/c1-3-34-19-7-5-17-28(26(30)31)24-13-9-22(10-14-24)21-23-11-15-25(16-12-23)29(27(32)33)18-6-8-20-35-4-2/h3-4,9-16H,1-2,5-8,17-21H2,(H,30,31)(H,32,33). The van der Waals surface area contributed by atoms with Crippen molar-refractivity contribution in [3.05, 3.63) is 85.3 Å². The Kier molecular flexibility index (Phi) is 11.7. The molecule has 0 atom stereocenters. The first kappa shape index (κ1) is 27.3. The summed E-state index contributed by atoms with van der Waals surface area (Å²) >= 11 is 0. The average Bonchev–Trinajstić information content (AvgIpc) is 2.84. The fourth-order valence-corrected chi connectivity index (χ4v) is 3.57. The molecule has 0 spiro atoms. The first-order chi connectivity index (χ1) is 17.0. The molecule has 0 bridgehead atoms. The summed E-state index contributed by atoms with van der Waals surface area (Å²) in [6.07, 6.45) is 4.29. The molecule has 0 aliphatic rings. The first-order valence-electron chi connectivity index (χ1n) is 11.6. The Labute approximate surface area is 206 Å². The van der Waals surface area contributed by atoms with Gasteiger partial charge in [0.25, 0.3) is 0 Å². The minimum atomic E-state index is -0.991. The predicted octanol–water partition coefficient (Wildman–Crippen LogP) is 6.13. The van der Waals surface area contributed by atoms with Gasteiger partial charge in [-0.15, -0.1) is 0 Å². The fraction of sp³-hybridized carbons (Fsp3) is 0.333. The maximum atomic E-state index is 11.7. The van der Waals surface area contributed by atoms with Crippen molar-refractivity contribution < 1.29 is 29.3 Å². The Balaban J connectivity index is 1.95. The van der Waals surface area contributed by atoms with Crippen LogP contribution >= 0.6 is 0 Å². The van der Waals surface area contributed by atoms with Crippen molar-refractivity contribution in [1.29, 1.82) is 0 Å². The van der Waals surface area contributed by atoms with Crippen molar-refractivity contribution in [3.8, 4) is 0 Å². The molecule has 0 heterocycles. The van der Waals surface area contributed by atoms with Crippen LogP contribution in [0.2, 0.25) is 0 Å². The second-order valence-corrected chi connectivity index (χ2v) is 7.87. The number of anilines is 2. The van der Waals surface area contributed by atoms with Crippen LogP contribution in [0.3, 0.4) is 0 Å². The molecule has 0 saturated carbocycles. The van der Waals surface area contributed by atoms with Crippen LogP contribution in [0.15, 0.2) is 74.2 Å². The van der Waals surface area contributed by atoms with E-state index in [-0.39, 0.29) is 0 Å². The van der Waals surface area contributed by atoms with Gasteiger partial charge >= 0.3 is 12.2 Å². The van der Waals surface area contributed by atoms with Crippen molar-refractivity contribution in [2.75, 3.05) is 36.1 Å². The van der Waals surface area contributed by atoms with Gasteiger partial charge in [-0.3, -0.25) is 9.80 Å². The second kappa shape index (κ2) is 15.1. The molecule has 0 aliphatic carbocycles. The highest BCUT2D eigenvalue weighted by molar-refractivity contribution is 5.86. The van der Waals surface area contributed by atoms with Crippen LogP contribution in [0.1, 0.15) is 36.8 Å². The van der Waals surface area contributed by atoms with Gasteiger partial charge in [-0.05, 0) is 67.5 Å². The number of amides is 2. The van der Waals surface area contributed by atoms with Crippen LogP contribution < -0.4 is 9.80 Å². The second-order valence-electron chi connectivity index (χ2n) is 7.87. The van der Waals surface area contributed by atoms with E-state index in [2.05, 4.69) is 13.2 Å². The van der Waals surface area contributed by atoms with Crippen molar-refractivity contribution in [1.82, 2.24) is 0 Å². The van der Waals surface area contributed by atoms with E-state index in [9.17, 15) is 19.8 Å². The Bertz CT molecular complexity index is 866. The third kappa shape index (κ3) is 9.44. The van der Waals surface area contributed by atoms with E-state index in [0.29, 0.717) is 56.9 Å². The van der Waals surface area contributed by atoms with Crippen molar-refractivity contribution in [2.45, 2.75) is 32.1 Å². The summed E-state index contributed by atoms with van der Waals surface area (Å²) in [5.41, 5.74) is 3.31. The highest BCUT2D eigenvalue weighted by Crippen LogP contribution is 2.21. The lowest BCUT2D eigenvalue weighted by molar-refractivity contribution is 0.199. The monoisotopic (exact) mass is 482 g/mol. The minimum Gasteiger partial charge on any atom is -0.502 e. The molecule has 2 N–H and O–H groups in total. The van der Waals surface area contributed by atoms with Gasteiger partial charge in [-0.25, -0.2) is 9.59 Å². The highest BCUT2D eigenvalue weighted by atomic mass is 16.5.